The first-order valence-electron chi connectivity index (χ1n) is 11.1. The predicted octanol–water partition coefficient (Wildman–Crippen LogP) is 7.02. The van der Waals surface area contributed by atoms with Crippen molar-refractivity contribution in [3.05, 3.63) is 156 Å². The monoisotopic (exact) mass is 548 g/mol. The molecule has 0 aliphatic rings. The minimum Gasteiger partial charge on any atom is -0.310 e. The molecule has 0 saturated carbocycles. The van der Waals surface area contributed by atoms with Crippen LogP contribution in [0.2, 0.25) is 0 Å². The molecule has 0 fully saturated rings. The van der Waals surface area contributed by atoms with Crippen LogP contribution >= 0.6 is 0 Å². The molecule has 0 spiro atoms. The van der Waals surface area contributed by atoms with Crippen LogP contribution in [0.5, 0.6) is 0 Å². The molecule has 4 aromatic rings. The third-order valence-corrected chi connectivity index (χ3v) is 4.85. The molecular formula is C32H26O2Pd. The Hall–Kier alpha value is -3.64. The maximum absolute atomic E-state index is 11.3. The topological polar surface area (TPSA) is 34.1 Å². The van der Waals surface area contributed by atoms with Gasteiger partial charge in [-0.25, -0.2) is 0 Å². The van der Waals surface area contributed by atoms with E-state index in [9.17, 15) is 9.59 Å². The van der Waals surface area contributed by atoms with Crippen molar-refractivity contribution >= 4 is 22.7 Å². The minimum absolute atomic E-state index is 0. The van der Waals surface area contributed by atoms with Crippen molar-refractivity contribution in [2.45, 2.75) is 13.8 Å². The van der Waals surface area contributed by atoms with E-state index in [0.29, 0.717) is 0 Å². The number of allylic oxidation sites excluding steroid dienone is 2. The molecule has 0 aliphatic heterocycles. The zero-order chi connectivity index (χ0) is 24.2. The van der Waals surface area contributed by atoms with Crippen LogP contribution in [0.15, 0.2) is 121 Å². The zero-order valence-corrected chi connectivity index (χ0v) is 21.2. The van der Waals surface area contributed by atoms with Crippen molar-refractivity contribution in [3.63, 3.8) is 0 Å². The number of carbonyl (C=O) groups excluding carboxylic acids is 2. The second-order valence-corrected chi connectivity index (χ2v) is 7.58. The number of benzene rings is 4. The molecule has 35 heavy (non-hydrogen) atoms. The van der Waals surface area contributed by atoms with Gasteiger partial charge in [-0.3, -0.25) is 0 Å². The number of ketones is 2. The molecule has 4 aromatic carbocycles. The van der Waals surface area contributed by atoms with Gasteiger partial charge in [-0.15, -0.1) is 82.9 Å². The van der Waals surface area contributed by atoms with Gasteiger partial charge in [-0.05, 0) is 13.8 Å². The second kappa shape index (κ2) is 14.6. The van der Waals surface area contributed by atoms with Crippen LogP contribution in [-0.2, 0) is 30.0 Å². The van der Waals surface area contributed by atoms with Crippen molar-refractivity contribution in [3.8, 4) is 0 Å². The Morgan fingerprint density at radius 3 is 0.800 bits per heavy atom. The van der Waals surface area contributed by atoms with E-state index < -0.39 is 0 Å². The Bertz CT molecular complexity index is 1070. The number of hydrogen-bond donors (Lipinski definition) is 0. The summed E-state index contributed by atoms with van der Waals surface area (Å²) in [5.74, 6) is -0.125. The number of rotatable bonds is 6. The summed E-state index contributed by atoms with van der Waals surface area (Å²) in [6.45, 7) is 3.04. The Balaban J connectivity index is 0.000000240. The molecule has 0 bridgehead atoms. The van der Waals surface area contributed by atoms with Gasteiger partial charge in [-0.1, -0.05) is 72.8 Å². The molecule has 0 atom stereocenters. The summed E-state index contributed by atoms with van der Waals surface area (Å²) < 4.78 is 0. The number of hydrogen-bond acceptors (Lipinski definition) is 2. The van der Waals surface area contributed by atoms with Crippen molar-refractivity contribution in [2.75, 3.05) is 0 Å². The Morgan fingerprint density at radius 2 is 0.629 bits per heavy atom. The van der Waals surface area contributed by atoms with Crippen LogP contribution in [0.1, 0.15) is 36.1 Å². The van der Waals surface area contributed by atoms with Crippen LogP contribution in [0.25, 0.3) is 11.1 Å². The van der Waals surface area contributed by atoms with Crippen molar-refractivity contribution in [1.29, 1.82) is 0 Å². The van der Waals surface area contributed by atoms with Gasteiger partial charge in [0.15, 0.2) is 0 Å². The van der Waals surface area contributed by atoms with Gasteiger partial charge in [0, 0.05) is 0 Å². The number of carbonyl (C=O) groups is 2. The van der Waals surface area contributed by atoms with Gasteiger partial charge in [0.25, 0.3) is 0 Å². The maximum atomic E-state index is 11.3. The van der Waals surface area contributed by atoms with Gasteiger partial charge in [0.1, 0.15) is 0 Å². The number of Topliss-reactive ketones (excluding diaryl/α,β-unsaturated/α-hetero) is 2. The van der Waals surface area contributed by atoms with E-state index in [1.807, 2.05) is 121 Å². The van der Waals surface area contributed by atoms with E-state index in [0.717, 1.165) is 33.4 Å². The molecule has 0 N–H and O–H groups in total. The summed E-state index contributed by atoms with van der Waals surface area (Å²) in [5, 5.41) is 0. The summed E-state index contributed by atoms with van der Waals surface area (Å²) in [7, 11) is 0. The summed E-state index contributed by atoms with van der Waals surface area (Å²) in [4.78, 5) is 22.5. The average Bonchev–Trinajstić information content (AvgIpc) is 2.88. The van der Waals surface area contributed by atoms with Crippen molar-refractivity contribution in [2.24, 2.45) is 0 Å². The van der Waals surface area contributed by atoms with E-state index in [2.05, 4.69) is 12.2 Å². The average molecular weight is 549 g/mol. The molecule has 2 nitrogen and oxygen atoms in total. The standard InChI is InChI=1S/2C16H13O.Pd/c2*1-13(17)12-16(14-8-4-2-5-9-14)15-10-6-3-7-11-15;/h2*2-11H,1H3;/q2*-1;+2. The van der Waals surface area contributed by atoms with Gasteiger partial charge in [0.05, 0.1) is 11.6 Å². The van der Waals surface area contributed by atoms with E-state index in [1.165, 1.54) is 13.8 Å². The SMILES string of the molecule is CC(=O)[C-]=C(c1ccccc1)c1ccccc1.CC(=O)[C-]=C(c1ccccc1)c1ccccc1.[Pd+2]. The molecule has 0 radical (unpaired) electrons. The van der Waals surface area contributed by atoms with Crippen LogP contribution in [0.3, 0.4) is 0 Å². The molecule has 3 heteroatoms. The first-order chi connectivity index (χ1) is 16.5. The van der Waals surface area contributed by atoms with Crippen LogP contribution in [0.4, 0.5) is 0 Å². The first-order valence-corrected chi connectivity index (χ1v) is 11.1. The second-order valence-electron chi connectivity index (χ2n) is 7.58. The third kappa shape index (κ3) is 8.91. The fraction of sp³-hybridized carbons (Fsp3) is 0.0625. The molecule has 0 amide bonds. The molecule has 0 saturated heterocycles. The molecule has 4 rings (SSSR count). The van der Waals surface area contributed by atoms with Crippen LogP contribution < -0.4 is 0 Å². The van der Waals surface area contributed by atoms with Gasteiger partial charge >= 0.3 is 20.4 Å². The zero-order valence-electron chi connectivity index (χ0n) is 19.7. The summed E-state index contributed by atoms with van der Waals surface area (Å²) in [6, 6.07) is 39.4. The Labute approximate surface area is 221 Å². The Kier molecular flexibility index (Phi) is 11.5. The predicted molar refractivity (Wildman–Crippen MR) is 139 cm³/mol. The summed E-state index contributed by atoms with van der Waals surface area (Å²) >= 11 is 0. The van der Waals surface area contributed by atoms with Gasteiger partial charge in [0.2, 0.25) is 0 Å². The van der Waals surface area contributed by atoms with Gasteiger partial charge < -0.3 is 9.59 Å². The summed E-state index contributed by atoms with van der Waals surface area (Å²) in [6.07, 6.45) is 5.78. The molecule has 0 aliphatic carbocycles. The molecular weight excluding hydrogens is 523 g/mol. The fourth-order valence-electron chi connectivity index (χ4n) is 3.39. The minimum atomic E-state index is -0.0623. The van der Waals surface area contributed by atoms with E-state index in [4.69, 9.17) is 0 Å². The quantitative estimate of drug-likeness (QED) is 0.147. The normalized spacial score (nSPS) is 9.43. The van der Waals surface area contributed by atoms with E-state index >= 15 is 0 Å². The van der Waals surface area contributed by atoms with Gasteiger partial charge in [-0.2, -0.15) is 11.1 Å². The Morgan fingerprint density at radius 1 is 0.429 bits per heavy atom. The van der Waals surface area contributed by atoms with E-state index in [-0.39, 0.29) is 32.0 Å². The molecule has 176 valence electrons. The van der Waals surface area contributed by atoms with E-state index in [1.54, 1.807) is 0 Å². The molecule has 0 heterocycles. The first kappa shape index (κ1) is 27.6. The smallest absolute Gasteiger partial charge is 0.310 e. The molecule has 0 unspecified atom stereocenters. The fourth-order valence-corrected chi connectivity index (χ4v) is 3.39. The maximum Gasteiger partial charge on any atom is 2.00 e. The third-order valence-electron chi connectivity index (χ3n) is 4.85. The van der Waals surface area contributed by atoms with Crippen LogP contribution in [-0.4, -0.2) is 11.6 Å². The molecule has 0 aromatic heterocycles. The largest absolute Gasteiger partial charge is 2.00 e. The summed E-state index contributed by atoms with van der Waals surface area (Å²) in [5.41, 5.74) is 5.73. The van der Waals surface area contributed by atoms with Crippen LogP contribution in [0, 0.1) is 12.2 Å². The van der Waals surface area contributed by atoms with Crippen molar-refractivity contribution in [1.82, 2.24) is 0 Å². The van der Waals surface area contributed by atoms with Crippen molar-refractivity contribution < 1.29 is 30.0 Å².